The number of carbonyl (C=O) groups is 1. The van der Waals surface area contributed by atoms with Crippen LogP contribution in [0.2, 0.25) is 0 Å². The number of hydrogen-bond donors (Lipinski definition) is 1. The van der Waals surface area contributed by atoms with Crippen molar-refractivity contribution in [2.75, 3.05) is 24.4 Å². The zero-order chi connectivity index (χ0) is 23.7. The van der Waals surface area contributed by atoms with Gasteiger partial charge in [-0.15, -0.1) is 0 Å². The Labute approximate surface area is 199 Å². The maximum Gasteiger partial charge on any atom is 0.264 e. The van der Waals surface area contributed by atoms with Crippen LogP contribution in [0.25, 0.3) is 0 Å². The predicted molar refractivity (Wildman–Crippen MR) is 129 cm³/mol. The van der Waals surface area contributed by atoms with Crippen LogP contribution in [-0.4, -0.2) is 49.8 Å². The highest BCUT2D eigenvalue weighted by Gasteiger charge is 2.32. The van der Waals surface area contributed by atoms with Crippen LogP contribution in [0, 0.1) is 5.82 Å². The SMILES string of the molecule is O=C(c1ccc(NS(=O)(=O)c2ccccc2F)cc1)N1CCC(N2CCc3ccccc3C2)C1. The molecule has 1 unspecified atom stereocenters. The number of sulfonamides is 1. The number of hydrogen-bond acceptors (Lipinski definition) is 4. The Hall–Kier alpha value is -3.23. The molecule has 0 radical (unpaired) electrons. The summed E-state index contributed by atoms with van der Waals surface area (Å²) in [7, 11) is -4.06. The Morgan fingerprint density at radius 3 is 2.38 bits per heavy atom. The standard InChI is InChI=1S/C26H26FN3O3S/c27-24-7-3-4-8-25(24)34(32,33)28-22-11-9-20(10-12-22)26(31)30-16-14-23(18-30)29-15-13-19-5-1-2-6-21(19)17-29/h1-12,23,28H,13-18H2. The quantitative estimate of drug-likeness (QED) is 0.603. The van der Waals surface area contributed by atoms with Crippen molar-refractivity contribution in [1.29, 1.82) is 0 Å². The molecule has 3 aromatic rings. The average molecular weight is 480 g/mol. The molecule has 0 bridgehead atoms. The molecule has 1 amide bonds. The molecule has 3 aromatic carbocycles. The Balaban J connectivity index is 1.22. The second-order valence-corrected chi connectivity index (χ2v) is 10.4. The van der Waals surface area contributed by atoms with Crippen LogP contribution in [0.4, 0.5) is 10.1 Å². The van der Waals surface area contributed by atoms with Gasteiger partial charge in [0.25, 0.3) is 15.9 Å². The fourth-order valence-electron chi connectivity index (χ4n) is 4.79. The van der Waals surface area contributed by atoms with Crippen molar-refractivity contribution in [3.05, 3.63) is 95.3 Å². The summed E-state index contributed by atoms with van der Waals surface area (Å²) < 4.78 is 41.2. The summed E-state index contributed by atoms with van der Waals surface area (Å²) in [6.07, 6.45) is 1.97. The van der Waals surface area contributed by atoms with Gasteiger partial charge in [-0.3, -0.25) is 14.4 Å². The monoisotopic (exact) mass is 479 g/mol. The molecule has 5 rings (SSSR count). The Bertz CT molecular complexity index is 1310. The average Bonchev–Trinajstić information content (AvgIpc) is 3.34. The first-order chi connectivity index (χ1) is 16.4. The van der Waals surface area contributed by atoms with Gasteiger partial charge in [0, 0.05) is 43.5 Å². The molecule has 0 aromatic heterocycles. The van der Waals surface area contributed by atoms with Gasteiger partial charge in [0.05, 0.1) is 0 Å². The molecule has 0 saturated carbocycles. The number of rotatable bonds is 5. The predicted octanol–water partition coefficient (Wildman–Crippen LogP) is 3.90. The molecule has 2 aliphatic heterocycles. The Morgan fingerprint density at radius 2 is 1.62 bits per heavy atom. The molecule has 0 aliphatic carbocycles. The lowest BCUT2D eigenvalue weighted by Crippen LogP contribution is -2.41. The van der Waals surface area contributed by atoms with E-state index in [0.717, 1.165) is 32.0 Å². The molecule has 2 aliphatic rings. The summed E-state index contributed by atoms with van der Waals surface area (Å²) in [4.78, 5) is 17.0. The van der Waals surface area contributed by atoms with Crippen LogP contribution in [-0.2, 0) is 23.0 Å². The Morgan fingerprint density at radius 1 is 0.912 bits per heavy atom. The second kappa shape index (κ2) is 9.19. The fraction of sp³-hybridized carbons (Fsp3) is 0.269. The van der Waals surface area contributed by atoms with E-state index in [1.165, 1.54) is 41.5 Å². The first kappa shape index (κ1) is 22.6. The number of carbonyl (C=O) groups excluding carboxylic acids is 1. The molecule has 176 valence electrons. The van der Waals surface area contributed by atoms with Gasteiger partial charge in [0.1, 0.15) is 10.7 Å². The van der Waals surface area contributed by atoms with Gasteiger partial charge in [0.15, 0.2) is 0 Å². The van der Waals surface area contributed by atoms with E-state index in [4.69, 9.17) is 0 Å². The maximum atomic E-state index is 13.9. The van der Waals surface area contributed by atoms with Crippen molar-refractivity contribution < 1.29 is 17.6 Å². The topological polar surface area (TPSA) is 69.7 Å². The highest BCUT2D eigenvalue weighted by Crippen LogP contribution is 2.26. The van der Waals surface area contributed by atoms with Crippen LogP contribution >= 0.6 is 0 Å². The van der Waals surface area contributed by atoms with E-state index >= 15 is 0 Å². The number of nitrogens with one attached hydrogen (secondary N) is 1. The number of benzene rings is 3. The largest absolute Gasteiger partial charge is 0.337 e. The van der Waals surface area contributed by atoms with Gasteiger partial charge in [-0.1, -0.05) is 36.4 Å². The number of likely N-dealkylation sites (tertiary alicyclic amines) is 1. The van der Waals surface area contributed by atoms with E-state index in [1.807, 2.05) is 4.90 Å². The minimum atomic E-state index is -4.06. The number of halogens is 1. The normalized spacial score (nSPS) is 18.5. The zero-order valence-electron chi connectivity index (χ0n) is 18.7. The lowest BCUT2D eigenvalue weighted by atomic mass is 9.98. The van der Waals surface area contributed by atoms with Crippen molar-refractivity contribution in [3.63, 3.8) is 0 Å². The molecular formula is C26H26FN3O3S. The van der Waals surface area contributed by atoms with Crippen LogP contribution < -0.4 is 4.72 Å². The Kier molecular flexibility index (Phi) is 6.10. The number of anilines is 1. The second-order valence-electron chi connectivity index (χ2n) is 8.80. The lowest BCUT2D eigenvalue weighted by molar-refractivity contribution is 0.0773. The first-order valence-corrected chi connectivity index (χ1v) is 12.9. The highest BCUT2D eigenvalue weighted by atomic mass is 32.2. The third-order valence-electron chi connectivity index (χ3n) is 6.64. The fourth-order valence-corrected chi connectivity index (χ4v) is 5.93. The molecule has 1 fully saturated rings. The smallest absolute Gasteiger partial charge is 0.264 e. The highest BCUT2D eigenvalue weighted by molar-refractivity contribution is 7.92. The lowest BCUT2D eigenvalue weighted by Gasteiger charge is -2.33. The van der Waals surface area contributed by atoms with Gasteiger partial charge in [-0.2, -0.15) is 0 Å². The minimum absolute atomic E-state index is 0.0663. The van der Waals surface area contributed by atoms with E-state index in [0.29, 0.717) is 24.7 Å². The van der Waals surface area contributed by atoms with E-state index in [9.17, 15) is 17.6 Å². The van der Waals surface area contributed by atoms with Crippen molar-refractivity contribution >= 4 is 21.6 Å². The number of fused-ring (bicyclic) bond motifs is 1. The molecule has 6 nitrogen and oxygen atoms in total. The summed E-state index contributed by atoms with van der Waals surface area (Å²) in [6.45, 7) is 3.30. The molecule has 1 N–H and O–H groups in total. The van der Waals surface area contributed by atoms with E-state index in [2.05, 4.69) is 33.9 Å². The van der Waals surface area contributed by atoms with Gasteiger partial charge < -0.3 is 4.90 Å². The molecular weight excluding hydrogens is 453 g/mol. The minimum Gasteiger partial charge on any atom is -0.337 e. The molecule has 8 heteroatoms. The van der Waals surface area contributed by atoms with Crippen molar-refractivity contribution in [3.8, 4) is 0 Å². The van der Waals surface area contributed by atoms with Crippen molar-refractivity contribution in [1.82, 2.24) is 9.80 Å². The van der Waals surface area contributed by atoms with Gasteiger partial charge in [0.2, 0.25) is 0 Å². The molecule has 34 heavy (non-hydrogen) atoms. The van der Waals surface area contributed by atoms with E-state index < -0.39 is 20.7 Å². The van der Waals surface area contributed by atoms with Crippen molar-refractivity contribution in [2.45, 2.75) is 30.3 Å². The molecule has 2 heterocycles. The summed E-state index contributed by atoms with van der Waals surface area (Å²) in [5.74, 6) is -0.883. The maximum absolute atomic E-state index is 13.9. The summed E-state index contributed by atoms with van der Waals surface area (Å²) in [5, 5.41) is 0. The van der Waals surface area contributed by atoms with Crippen LogP contribution in [0.1, 0.15) is 27.9 Å². The molecule has 1 atom stereocenters. The van der Waals surface area contributed by atoms with E-state index in [-0.39, 0.29) is 11.6 Å². The summed E-state index contributed by atoms with van der Waals surface area (Å²) in [6, 6.07) is 20.3. The van der Waals surface area contributed by atoms with Gasteiger partial charge in [-0.25, -0.2) is 12.8 Å². The molecule has 0 spiro atoms. The first-order valence-electron chi connectivity index (χ1n) is 11.4. The third kappa shape index (κ3) is 4.56. The number of amides is 1. The van der Waals surface area contributed by atoms with Crippen LogP contribution in [0.5, 0.6) is 0 Å². The summed E-state index contributed by atoms with van der Waals surface area (Å²) >= 11 is 0. The van der Waals surface area contributed by atoms with Crippen LogP contribution in [0.15, 0.2) is 77.7 Å². The zero-order valence-corrected chi connectivity index (χ0v) is 19.5. The van der Waals surface area contributed by atoms with Gasteiger partial charge >= 0.3 is 0 Å². The third-order valence-corrected chi connectivity index (χ3v) is 8.05. The van der Waals surface area contributed by atoms with Gasteiger partial charge in [-0.05, 0) is 60.4 Å². The van der Waals surface area contributed by atoms with Crippen molar-refractivity contribution in [2.24, 2.45) is 0 Å². The summed E-state index contributed by atoms with van der Waals surface area (Å²) in [5.41, 5.74) is 3.55. The number of nitrogens with zero attached hydrogens (tertiary/aromatic N) is 2. The molecule has 1 saturated heterocycles. The van der Waals surface area contributed by atoms with Crippen LogP contribution in [0.3, 0.4) is 0 Å². The van der Waals surface area contributed by atoms with E-state index in [1.54, 1.807) is 12.1 Å².